The summed E-state index contributed by atoms with van der Waals surface area (Å²) in [5, 5.41) is 13.3. The Morgan fingerprint density at radius 2 is 1.95 bits per heavy atom. The predicted octanol–water partition coefficient (Wildman–Crippen LogP) is 3.91. The third-order valence-corrected chi connectivity index (χ3v) is 4.41. The molecule has 1 saturated carbocycles. The summed E-state index contributed by atoms with van der Waals surface area (Å²) in [5.41, 5.74) is 1.20. The van der Waals surface area contributed by atoms with Crippen molar-refractivity contribution in [1.29, 1.82) is 0 Å². The molecule has 2 heteroatoms. The molecule has 0 aromatic heterocycles. The van der Waals surface area contributed by atoms with Gasteiger partial charge in [-0.2, -0.15) is 0 Å². The summed E-state index contributed by atoms with van der Waals surface area (Å²) in [7, 11) is 0. The topological polar surface area (TPSA) is 32.3 Å². The predicted molar refractivity (Wildman–Crippen MR) is 84.6 cm³/mol. The normalized spacial score (nSPS) is 24.8. The zero-order valence-electron chi connectivity index (χ0n) is 12.9. The van der Waals surface area contributed by atoms with Gasteiger partial charge in [-0.25, -0.2) is 0 Å². The van der Waals surface area contributed by atoms with Crippen molar-refractivity contribution in [3.63, 3.8) is 0 Å². The van der Waals surface area contributed by atoms with Crippen LogP contribution in [0.15, 0.2) is 30.3 Å². The Balaban J connectivity index is 1.90. The summed E-state index contributed by atoms with van der Waals surface area (Å²) < 4.78 is 0. The first-order valence-electron chi connectivity index (χ1n) is 8.11. The first-order chi connectivity index (χ1) is 9.69. The van der Waals surface area contributed by atoms with Gasteiger partial charge in [-0.1, -0.05) is 57.0 Å². The van der Waals surface area contributed by atoms with E-state index < -0.39 is 0 Å². The van der Waals surface area contributed by atoms with Crippen molar-refractivity contribution in [3.8, 4) is 0 Å². The van der Waals surface area contributed by atoms with E-state index in [1.165, 1.54) is 37.7 Å². The summed E-state index contributed by atoms with van der Waals surface area (Å²) in [6, 6.07) is 11.0. The Hall–Kier alpha value is -0.860. The van der Waals surface area contributed by atoms with E-state index in [4.69, 9.17) is 0 Å². The van der Waals surface area contributed by atoms with Gasteiger partial charge in [0.1, 0.15) is 0 Å². The Morgan fingerprint density at radius 3 is 2.60 bits per heavy atom. The lowest BCUT2D eigenvalue weighted by Crippen LogP contribution is -2.38. The molecule has 2 nitrogen and oxygen atoms in total. The molecule has 0 bridgehead atoms. The summed E-state index contributed by atoms with van der Waals surface area (Å²) in [6.45, 7) is 4.81. The van der Waals surface area contributed by atoms with E-state index in [1.807, 2.05) is 18.2 Å². The number of aliphatic hydroxyl groups excluding tert-OH is 1. The second kappa shape index (κ2) is 7.80. The van der Waals surface area contributed by atoms with E-state index >= 15 is 0 Å². The molecule has 0 radical (unpaired) electrons. The van der Waals surface area contributed by atoms with E-state index in [0.29, 0.717) is 6.04 Å². The number of nitrogens with one attached hydrogen (secondary N) is 1. The highest BCUT2D eigenvalue weighted by Gasteiger charge is 2.24. The molecule has 1 aromatic carbocycles. The minimum absolute atomic E-state index is 0.0824. The van der Waals surface area contributed by atoms with Gasteiger partial charge in [0.25, 0.3) is 0 Å². The van der Waals surface area contributed by atoms with Crippen molar-refractivity contribution >= 4 is 0 Å². The second-order valence-corrected chi connectivity index (χ2v) is 6.67. The maximum Gasteiger partial charge on any atom is 0.0626 e. The number of rotatable bonds is 6. The first kappa shape index (κ1) is 15.5. The second-order valence-electron chi connectivity index (χ2n) is 6.67. The maximum absolute atomic E-state index is 9.66. The molecule has 1 aliphatic carbocycles. The minimum atomic E-state index is 0.0824. The molecule has 2 rings (SSSR count). The van der Waals surface area contributed by atoms with Crippen molar-refractivity contribution in [2.75, 3.05) is 6.61 Å². The highest BCUT2D eigenvalue weighted by atomic mass is 16.3. The molecule has 1 fully saturated rings. The largest absolute Gasteiger partial charge is 0.394 e. The molecule has 2 unspecified atom stereocenters. The van der Waals surface area contributed by atoms with Crippen LogP contribution in [0.5, 0.6) is 0 Å². The molecule has 1 aliphatic rings. The Kier molecular flexibility index (Phi) is 6.06. The molecule has 0 spiro atoms. The molecule has 0 amide bonds. The standard InChI is InChI=1S/C18H29NO/c1-14(2)11-15-7-6-10-17(12-15)19-18(13-20)16-8-4-3-5-9-16/h3-5,8-9,14-15,17-20H,6-7,10-13H2,1-2H3/t15?,17?,18-/m1/s1. The zero-order valence-corrected chi connectivity index (χ0v) is 12.9. The van der Waals surface area contributed by atoms with Crippen LogP contribution in [0, 0.1) is 11.8 Å². The highest BCUT2D eigenvalue weighted by Crippen LogP contribution is 2.30. The lowest BCUT2D eigenvalue weighted by molar-refractivity contribution is 0.196. The van der Waals surface area contributed by atoms with Crippen LogP contribution in [-0.4, -0.2) is 17.8 Å². The van der Waals surface area contributed by atoms with Crippen LogP contribution >= 0.6 is 0 Å². The number of benzene rings is 1. The van der Waals surface area contributed by atoms with Crippen molar-refractivity contribution < 1.29 is 5.11 Å². The van der Waals surface area contributed by atoms with Crippen LogP contribution in [0.25, 0.3) is 0 Å². The van der Waals surface area contributed by atoms with Crippen LogP contribution in [-0.2, 0) is 0 Å². The summed E-state index contributed by atoms with van der Waals surface area (Å²) >= 11 is 0. The van der Waals surface area contributed by atoms with Crippen LogP contribution in [0.3, 0.4) is 0 Å². The molecule has 0 aliphatic heterocycles. The third kappa shape index (κ3) is 4.60. The smallest absolute Gasteiger partial charge is 0.0626 e. The quantitative estimate of drug-likeness (QED) is 0.825. The van der Waals surface area contributed by atoms with Crippen LogP contribution in [0.4, 0.5) is 0 Å². The summed E-state index contributed by atoms with van der Waals surface area (Å²) in [6.07, 6.45) is 6.56. The van der Waals surface area contributed by atoms with Gasteiger partial charge in [0.05, 0.1) is 12.6 Å². The average Bonchev–Trinajstić information content (AvgIpc) is 2.45. The van der Waals surface area contributed by atoms with Crippen LogP contribution in [0.1, 0.15) is 57.6 Å². The maximum atomic E-state index is 9.66. The van der Waals surface area contributed by atoms with Crippen molar-refractivity contribution in [3.05, 3.63) is 35.9 Å². The molecule has 112 valence electrons. The van der Waals surface area contributed by atoms with E-state index in [-0.39, 0.29) is 12.6 Å². The van der Waals surface area contributed by atoms with Gasteiger partial charge >= 0.3 is 0 Å². The SMILES string of the molecule is CC(C)CC1CCCC(N[C@H](CO)c2ccccc2)C1. The van der Waals surface area contributed by atoms with Crippen molar-refractivity contribution in [1.82, 2.24) is 5.32 Å². The van der Waals surface area contributed by atoms with Gasteiger partial charge in [0, 0.05) is 6.04 Å². The van der Waals surface area contributed by atoms with E-state index in [9.17, 15) is 5.11 Å². The van der Waals surface area contributed by atoms with Gasteiger partial charge in [-0.15, -0.1) is 0 Å². The van der Waals surface area contributed by atoms with Gasteiger partial charge in [0.15, 0.2) is 0 Å². The molecule has 20 heavy (non-hydrogen) atoms. The lowest BCUT2D eigenvalue weighted by atomic mass is 9.81. The average molecular weight is 275 g/mol. The first-order valence-corrected chi connectivity index (χ1v) is 8.11. The molecule has 2 N–H and O–H groups in total. The fourth-order valence-corrected chi connectivity index (χ4v) is 3.55. The molecular weight excluding hydrogens is 246 g/mol. The number of aliphatic hydroxyl groups is 1. The Bertz CT molecular complexity index is 376. The van der Waals surface area contributed by atoms with Gasteiger partial charge in [-0.05, 0) is 36.7 Å². The van der Waals surface area contributed by atoms with E-state index in [0.717, 1.165) is 11.8 Å². The lowest BCUT2D eigenvalue weighted by Gasteiger charge is -2.33. The van der Waals surface area contributed by atoms with E-state index in [1.54, 1.807) is 0 Å². The zero-order chi connectivity index (χ0) is 14.4. The molecule has 0 saturated heterocycles. The number of hydrogen-bond acceptors (Lipinski definition) is 2. The van der Waals surface area contributed by atoms with Crippen molar-refractivity contribution in [2.45, 2.75) is 58.0 Å². The number of hydrogen-bond donors (Lipinski definition) is 2. The molecule has 0 heterocycles. The molecular formula is C18H29NO. The van der Waals surface area contributed by atoms with Gasteiger partial charge in [-0.3, -0.25) is 0 Å². The highest BCUT2D eigenvalue weighted by molar-refractivity contribution is 5.19. The van der Waals surface area contributed by atoms with Crippen LogP contribution in [0.2, 0.25) is 0 Å². The summed E-state index contributed by atoms with van der Waals surface area (Å²) in [5.74, 6) is 1.65. The summed E-state index contributed by atoms with van der Waals surface area (Å²) in [4.78, 5) is 0. The van der Waals surface area contributed by atoms with Gasteiger partial charge < -0.3 is 10.4 Å². The van der Waals surface area contributed by atoms with E-state index in [2.05, 4.69) is 31.3 Å². The van der Waals surface area contributed by atoms with Gasteiger partial charge in [0.2, 0.25) is 0 Å². The molecule has 1 aromatic rings. The fraction of sp³-hybridized carbons (Fsp3) is 0.667. The Morgan fingerprint density at radius 1 is 1.20 bits per heavy atom. The van der Waals surface area contributed by atoms with Crippen LogP contribution < -0.4 is 5.32 Å². The molecule has 3 atom stereocenters. The minimum Gasteiger partial charge on any atom is -0.394 e. The third-order valence-electron chi connectivity index (χ3n) is 4.41. The fourth-order valence-electron chi connectivity index (χ4n) is 3.55. The monoisotopic (exact) mass is 275 g/mol. The Labute approximate surface area is 123 Å². The van der Waals surface area contributed by atoms with Crippen molar-refractivity contribution in [2.24, 2.45) is 11.8 Å².